The summed E-state index contributed by atoms with van der Waals surface area (Å²) in [6, 6.07) is 6.07. The number of benzene rings is 1. The van der Waals surface area contributed by atoms with Gasteiger partial charge in [-0.3, -0.25) is 4.98 Å². The molecule has 0 bridgehead atoms. The lowest BCUT2D eigenvalue weighted by Crippen LogP contribution is -2.36. The van der Waals surface area contributed by atoms with Crippen molar-refractivity contribution in [3.8, 4) is 0 Å². The van der Waals surface area contributed by atoms with Crippen LogP contribution in [0.2, 0.25) is 10.2 Å². The summed E-state index contributed by atoms with van der Waals surface area (Å²) in [5, 5.41) is 15.7. The van der Waals surface area contributed by atoms with E-state index in [1.165, 1.54) is 27.9 Å². The molecule has 164 valence electrons. The lowest BCUT2D eigenvalue weighted by molar-refractivity contribution is 0.158. The van der Waals surface area contributed by atoms with E-state index < -0.39 is 17.9 Å². The van der Waals surface area contributed by atoms with E-state index >= 15 is 0 Å². The Hall–Kier alpha value is -2.26. The quantitative estimate of drug-likeness (QED) is 0.613. The van der Waals surface area contributed by atoms with Crippen LogP contribution in [-0.2, 0) is 19.5 Å². The predicted molar refractivity (Wildman–Crippen MR) is 115 cm³/mol. The molecule has 31 heavy (non-hydrogen) atoms. The Morgan fingerprint density at radius 2 is 2.03 bits per heavy atom. The second kappa shape index (κ2) is 8.70. The summed E-state index contributed by atoms with van der Waals surface area (Å²) >= 11 is 12.6. The van der Waals surface area contributed by atoms with E-state index in [4.69, 9.17) is 23.2 Å². The molecule has 10 heteroatoms. The summed E-state index contributed by atoms with van der Waals surface area (Å²) in [4.78, 5) is 7.47. The van der Waals surface area contributed by atoms with E-state index in [1.54, 1.807) is 12.1 Å². The number of aliphatic hydroxyl groups is 1. The summed E-state index contributed by atoms with van der Waals surface area (Å²) in [6.07, 6.45) is 0.695. The fourth-order valence-electron chi connectivity index (χ4n) is 3.76. The average molecular weight is 468 g/mol. The highest BCUT2D eigenvalue weighted by molar-refractivity contribution is 6.31. The highest BCUT2D eigenvalue weighted by Gasteiger charge is 2.33. The molecular formula is C21H21Cl2F2N5O. The highest BCUT2D eigenvalue weighted by Crippen LogP contribution is 2.38. The summed E-state index contributed by atoms with van der Waals surface area (Å²) < 4.78 is 30.3. The summed E-state index contributed by atoms with van der Waals surface area (Å²) in [5.41, 5.74) is 2.16. The third-order valence-electron chi connectivity index (χ3n) is 5.17. The Bertz CT molecular complexity index is 1120. The van der Waals surface area contributed by atoms with Crippen LogP contribution in [-0.4, -0.2) is 45.4 Å². The molecule has 1 aromatic carbocycles. The number of aliphatic hydroxyl groups excluding tert-OH is 1. The van der Waals surface area contributed by atoms with Crippen molar-refractivity contribution in [2.45, 2.75) is 25.7 Å². The molecule has 0 saturated carbocycles. The van der Waals surface area contributed by atoms with Crippen LogP contribution in [0.15, 0.2) is 30.5 Å². The van der Waals surface area contributed by atoms with Crippen LogP contribution in [0.1, 0.15) is 28.7 Å². The maximum Gasteiger partial charge on any atom is 0.172 e. The van der Waals surface area contributed by atoms with Gasteiger partial charge in [0.15, 0.2) is 12.0 Å². The second-order valence-corrected chi connectivity index (χ2v) is 8.47. The first-order valence-electron chi connectivity index (χ1n) is 9.68. The number of anilines is 1. The number of rotatable bonds is 5. The van der Waals surface area contributed by atoms with Crippen molar-refractivity contribution in [3.05, 3.63) is 74.8 Å². The van der Waals surface area contributed by atoms with Gasteiger partial charge in [0.25, 0.3) is 0 Å². The van der Waals surface area contributed by atoms with Crippen molar-refractivity contribution in [3.63, 3.8) is 0 Å². The van der Waals surface area contributed by atoms with E-state index in [2.05, 4.69) is 10.1 Å². The third-order valence-corrected chi connectivity index (χ3v) is 5.87. The van der Waals surface area contributed by atoms with Crippen molar-refractivity contribution in [1.29, 1.82) is 0 Å². The first-order chi connectivity index (χ1) is 14.8. The molecule has 2 aromatic heterocycles. The summed E-state index contributed by atoms with van der Waals surface area (Å²) in [7, 11) is 3.80. The average Bonchev–Trinajstić information content (AvgIpc) is 3.03. The zero-order chi connectivity index (χ0) is 22.3. The minimum Gasteiger partial charge on any atom is -0.368 e. The molecule has 0 amide bonds. The third kappa shape index (κ3) is 4.25. The monoisotopic (exact) mass is 467 g/mol. The van der Waals surface area contributed by atoms with Crippen molar-refractivity contribution >= 4 is 28.9 Å². The Balaban J connectivity index is 1.67. The molecule has 4 rings (SSSR count). The van der Waals surface area contributed by atoms with Crippen molar-refractivity contribution in [2.75, 3.05) is 25.5 Å². The van der Waals surface area contributed by atoms with E-state index in [1.807, 2.05) is 19.0 Å². The van der Waals surface area contributed by atoms with Gasteiger partial charge in [0.1, 0.15) is 16.7 Å². The van der Waals surface area contributed by atoms with Crippen LogP contribution in [0.5, 0.6) is 0 Å². The Labute approximate surface area is 188 Å². The fourth-order valence-corrected chi connectivity index (χ4v) is 4.29. The topological polar surface area (TPSA) is 57.4 Å². The Morgan fingerprint density at radius 3 is 2.74 bits per heavy atom. The maximum absolute atomic E-state index is 14.9. The van der Waals surface area contributed by atoms with E-state index in [0.29, 0.717) is 35.9 Å². The fraction of sp³-hybridized carbons (Fsp3) is 0.333. The van der Waals surface area contributed by atoms with Crippen LogP contribution in [0.4, 0.5) is 14.5 Å². The molecule has 0 radical (unpaired) electrons. The predicted octanol–water partition coefficient (Wildman–Crippen LogP) is 4.03. The van der Waals surface area contributed by atoms with Crippen LogP contribution in [0, 0.1) is 11.6 Å². The van der Waals surface area contributed by atoms with Crippen molar-refractivity contribution in [1.82, 2.24) is 19.7 Å². The van der Waals surface area contributed by atoms with E-state index in [-0.39, 0.29) is 22.9 Å². The lowest BCUT2D eigenvalue weighted by atomic mass is 10.0. The number of nitrogens with zero attached hydrogens (tertiary/aromatic N) is 5. The molecule has 1 aliphatic heterocycles. The molecule has 0 aliphatic carbocycles. The van der Waals surface area contributed by atoms with E-state index in [9.17, 15) is 13.9 Å². The Kier molecular flexibility index (Phi) is 6.16. The maximum atomic E-state index is 14.9. The number of fused-ring (bicyclic) bond motifs is 1. The van der Waals surface area contributed by atoms with Crippen LogP contribution in [0.25, 0.3) is 0 Å². The molecule has 3 aromatic rings. The van der Waals surface area contributed by atoms with E-state index in [0.717, 1.165) is 5.56 Å². The standard InChI is InChI=1S/C21H21Cl2F2N5O/c1-28(2)10-12-8-14(22)18(25)17(9-12)29-7-5-13-19(21(29)31)27-30(20(13)23)11-16-15(24)4-3-6-26-16/h3-4,6,8-9,21,31H,5,7,10-11H2,1-2H3. The van der Waals surface area contributed by atoms with Gasteiger partial charge >= 0.3 is 0 Å². The van der Waals surface area contributed by atoms with Gasteiger partial charge in [-0.15, -0.1) is 0 Å². The largest absolute Gasteiger partial charge is 0.368 e. The highest BCUT2D eigenvalue weighted by atomic mass is 35.5. The van der Waals surface area contributed by atoms with Crippen molar-refractivity contribution in [2.24, 2.45) is 0 Å². The molecule has 1 unspecified atom stereocenters. The minimum absolute atomic E-state index is 0.0125. The smallest absolute Gasteiger partial charge is 0.172 e. The summed E-state index contributed by atoms with van der Waals surface area (Å²) in [6.45, 7) is 0.901. The molecule has 3 heterocycles. The van der Waals surface area contributed by atoms with Gasteiger partial charge in [0.2, 0.25) is 0 Å². The van der Waals surface area contributed by atoms with Gasteiger partial charge in [0, 0.05) is 24.8 Å². The molecule has 0 saturated heterocycles. The zero-order valence-corrected chi connectivity index (χ0v) is 18.5. The first-order valence-corrected chi connectivity index (χ1v) is 10.4. The van der Waals surface area contributed by atoms with Gasteiger partial charge in [-0.2, -0.15) is 5.10 Å². The van der Waals surface area contributed by atoms with Gasteiger partial charge in [-0.05, 0) is 50.3 Å². The van der Waals surface area contributed by atoms with Gasteiger partial charge in [-0.25, -0.2) is 13.5 Å². The number of hydrogen-bond donors (Lipinski definition) is 1. The molecule has 1 atom stereocenters. The molecule has 1 N–H and O–H groups in total. The number of halogens is 4. The molecule has 6 nitrogen and oxygen atoms in total. The molecule has 0 fully saturated rings. The number of hydrogen-bond acceptors (Lipinski definition) is 5. The van der Waals surface area contributed by atoms with Gasteiger partial charge < -0.3 is 14.9 Å². The minimum atomic E-state index is -1.23. The summed E-state index contributed by atoms with van der Waals surface area (Å²) in [5.74, 6) is -1.07. The van der Waals surface area contributed by atoms with Crippen LogP contribution >= 0.6 is 23.2 Å². The van der Waals surface area contributed by atoms with Gasteiger partial charge in [-0.1, -0.05) is 23.2 Å². The van der Waals surface area contributed by atoms with Crippen LogP contribution < -0.4 is 4.90 Å². The SMILES string of the molecule is CN(C)Cc1cc(Cl)c(F)c(N2CCc3c(nn(Cc4ncccc4F)c3Cl)C2O)c1. The number of aromatic nitrogens is 3. The zero-order valence-electron chi connectivity index (χ0n) is 17.0. The molecular weight excluding hydrogens is 447 g/mol. The van der Waals surface area contributed by atoms with Gasteiger partial charge in [0.05, 0.1) is 22.9 Å². The lowest BCUT2D eigenvalue weighted by Gasteiger charge is -2.34. The first kappa shape index (κ1) is 22.0. The molecule has 0 spiro atoms. The Morgan fingerprint density at radius 1 is 1.26 bits per heavy atom. The normalized spacial score (nSPS) is 16.1. The van der Waals surface area contributed by atoms with Crippen LogP contribution in [0.3, 0.4) is 0 Å². The second-order valence-electron chi connectivity index (χ2n) is 7.71. The number of pyridine rings is 1. The van der Waals surface area contributed by atoms with Crippen molar-refractivity contribution < 1.29 is 13.9 Å². The molecule has 1 aliphatic rings.